The highest BCUT2D eigenvalue weighted by atomic mass is 16.2. The minimum Gasteiger partial charge on any atom is -0.348 e. The lowest BCUT2D eigenvalue weighted by Crippen LogP contribution is -2.27. The normalized spacial score (nSPS) is 12.6. The van der Waals surface area contributed by atoms with Crippen molar-refractivity contribution >= 4 is 23.0 Å². The van der Waals surface area contributed by atoms with Gasteiger partial charge in [0.15, 0.2) is 5.78 Å². The highest BCUT2D eigenvalue weighted by Crippen LogP contribution is 2.33. The van der Waals surface area contributed by atoms with Crippen molar-refractivity contribution in [3.05, 3.63) is 107 Å². The molecule has 1 N–H and O–H groups in total. The summed E-state index contributed by atoms with van der Waals surface area (Å²) in [5.74, 6) is -0.979. The molecule has 1 aliphatic rings. The topological polar surface area (TPSA) is 80.5 Å². The van der Waals surface area contributed by atoms with Crippen LogP contribution in [0.5, 0.6) is 0 Å². The molecule has 0 saturated carbocycles. The maximum absolute atomic E-state index is 13.3. The van der Waals surface area contributed by atoms with Crippen molar-refractivity contribution < 1.29 is 14.4 Å². The summed E-state index contributed by atoms with van der Waals surface area (Å²) in [6.07, 6.45) is 5.02. The monoisotopic (exact) mass is 381 g/mol. The first kappa shape index (κ1) is 17.1. The summed E-state index contributed by atoms with van der Waals surface area (Å²) < 4.78 is 1.63. The van der Waals surface area contributed by atoms with Gasteiger partial charge in [0.2, 0.25) is 5.78 Å². The van der Waals surface area contributed by atoms with Gasteiger partial charge in [0.1, 0.15) is 5.69 Å². The van der Waals surface area contributed by atoms with E-state index in [9.17, 15) is 14.4 Å². The minimum atomic E-state index is -0.403. The molecule has 6 heteroatoms. The first-order valence-corrected chi connectivity index (χ1v) is 9.15. The number of rotatable bonds is 3. The molecule has 0 unspecified atom stereocenters. The Bertz CT molecular complexity index is 1310. The van der Waals surface area contributed by atoms with Crippen LogP contribution in [0.3, 0.4) is 0 Å². The van der Waals surface area contributed by atoms with Crippen LogP contribution in [-0.4, -0.2) is 26.9 Å². The van der Waals surface area contributed by atoms with Crippen molar-refractivity contribution in [1.29, 1.82) is 0 Å². The number of aromatic nitrogens is 2. The minimum absolute atomic E-state index is 0.156. The number of fused-ring (bicyclic) bond motifs is 4. The third kappa shape index (κ3) is 2.57. The molecule has 3 aromatic heterocycles. The Labute approximate surface area is 165 Å². The number of carbonyl (C=O) groups excluding carboxylic acids is 3. The Morgan fingerprint density at radius 3 is 2.45 bits per heavy atom. The van der Waals surface area contributed by atoms with Crippen molar-refractivity contribution in [2.75, 3.05) is 0 Å². The SMILES string of the molecule is O=C1c2ccccc2C(=O)c2c1c(C(=O)NCc1cccnc1)c1ccccn21. The Balaban J connectivity index is 1.66. The maximum Gasteiger partial charge on any atom is 0.254 e. The van der Waals surface area contributed by atoms with E-state index in [2.05, 4.69) is 10.3 Å². The number of nitrogens with zero attached hydrogens (tertiary/aromatic N) is 2. The zero-order chi connectivity index (χ0) is 20.0. The fourth-order valence-electron chi connectivity index (χ4n) is 3.80. The summed E-state index contributed by atoms with van der Waals surface area (Å²) in [5.41, 5.74) is 2.65. The fraction of sp³-hybridized carbons (Fsp3) is 0.0435. The summed E-state index contributed by atoms with van der Waals surface area (Å²) in [6, 6.07) is 15.6. The molecule has 0 atom stereocenters. The molecular weight excluding hydrogens is 366 g/mol. The van der Waals surface area contributed by atoms with Gasteiger partial charge in [0, 0.05) is 36.3 Å². The van der Waals surface area contributed by atoms with E-state index in [0.717, 1.165) is 5.56 Å². The van der Waals surface area contributed by atoms with Gasteiger partial charge >= 0.3 is 0 Å². The first-order chi connectivity index (χ1) is 14.2. The van der Waals surface area contributed by atoms with Crippen LogP contribution in [0, 0.1) is 0 Å². The summed E-state index contributed by atoms with van der Waals surface area (Å²) in [4.78, 5) is 43.6. The van der Waals surface area contributed by atoms with E-state index < -0.39 is 5.91 Å². The molecule has 1 amide bonds. The first-order valence-electron chi connectivity index (χ1n) is 9.15. The summed E-state index contributed by atoms with van der Waals surface area (Å²) in [5, 5.41) is 2.85. The molecule has 6 nitrogen and oxygen atoms in total. The zero-order valence-electron chi connectivity index (χ0n) is 15.3. The Kier molecular flexibility index (Phi) is 3.84. The van der Waals surface area contributed by atoms with Crippen LogP contribution >= 0.6 is 0 Å². The van der Waals surface area contributed by atoms with E-state index in [0.29, 0.717) is 16.6 Å². The van der Waals surface area contributed by atoms with E-state index in [4.69, 9.17) is 0 Å². The van der Waals surface area contributed by atoms with Crippen LogP contribution in [-0.2, 0) is 6.54 Å². The molecule has 3 heterocycles. The van der Waals surface area contributed by atoms with Crippen LogP contribution < -0.4 is 5.32 Å². The molecule has 0 aliphatic heterocycles. The molecular formula is C23H15N3O3. The van der Waals surface area contributed by atoms with Gasteiger partial charge in [-0.05, 0) is 23.8 Å². The lowest BCUT2D eigenvalue weighted by molar-refractivity contribution is 0.0938. The standard InChI is InChI=1S/C23H15N3O3/c27-21-15-7-1-2-8-16(15)22(28)20-19(21)18(17-9-3-4-11-26(17)20)23(29)25-13-14-6-5-10-24-12-14/h1-12H,13H2,(H,25,29). The highest BCUT2D eigenvalue weighted by Gasteiger charge is 2.37. The lowest BCUT2D eigenvalue weighted by atomic mass is 9.86. The molecule has 29 heavy (non-hydrogen) atoms. The lowest BCUT2D eigenvalue weighted by Gasteiger charge is -2.15. The van der Waals surface area contributed by atoms with Crippen molar-refractivity contribution in [3.8, 4) is 0 Å². The van der Waals surface area contributed by atoms with Crippen LogP contribution in [0.2, 0.25) is 0 Å². The van der Waals surface area contributed by atoms with Gasteiger partial charge in [-0.1, -0.05) is 36.4 Å². The molecule has 0 spiro atoms. The van der Waals surface area contributed by atoms with E-state index >= 15 is 0 Å². The number of carbonyl (C=O) groups is 3. The van der Waals surface area contributed by atoms with Crippen molar-refractivity contribution in [2.45, 2.75) is 6.54 Å². The number of hydrogen-bond acceptors (Lipinski definition) is 4. The van der Waals surface area contributed by atoms with Crippen molar-refractivity contribution in [2.24, 2.45) is 0 Å². The number of pyridine rings is 2. The van der Waals surface area contributed by atoms with Gasteiger partial charge in [0.05, 0.1) is 16.6 Å². The second-order valence-electron chi connectivity index (χ2n) is 6.80. The van der Waals surface area contributed by atoms with Gasteiger partial charge in [-0.25, -0.2) is 0 Å². The fourth-order valence-corrected chi connectivity index (χ4v) is 3.80. The van der Waals surface area contributed by atoms with E-state index in [-0.39, 0.29) is 34.9 Å². The molecule has 1 aliphatic carbocycles. The average molecular weight is 381 g/mol. The van der Waals surface area contributed by atoms with Crippen LogP contribution in [0.15, 0.2) is 73.2 Å². The maximum atomic E-state index is 13.3. The van der Waals surface area contributed by atoms with E-state index in [1.807, 2.05) is 6.07 Å². The van der Waals surface area contributed by atoms with Crippen LogP contribution in [0.4, 0.5) is 0 Å². The second-order valence-corrected chi connectivity index (χ2v) is 6.80. The quantitative estimate of drug-likeness (QED) is 0.521. The number of nitrogens with one attached hydrogen (secondary N) is 1. The average Bonchev–Trinajstić information content (AvgIpc) is 3.12. The zero-order valence-corrected chi connectivity index (χ0v) is 15.3. The summed E-state index contributed by atoms with van der Waals surface area (Å²) in [7, 11) is 0. The third-order valence-corrected chi connectivity index (χ3v) is 5.11. The molecule has 0 fully saturated rings. The Morgan fingerprint density at radius 2 is 1.69 bits per heavy atom. The van der Waals surface area contributed by atoms with Gasteiger partial charge in [-0.3, -0.25) is 19.4 Å². The Hall–Kier alpha value is -4.06. The predicted molar refractivity (Wildman–Crippen MR) is 106 cm³/mol. The van der Waals surface area contributed by atoms with Crippen molar-refractivity contribution in [3.63, 3.8) is 0 Å². The molecule has 0 saturated heterocycles. The Morgan fingerprint density at radius 1 is 0.931 bits per heavy atom. The number of hydrogen-bond donors (Lipinski definition) is 1. The largest absolute Gasteiger partial charge is 0.348 e. The van der Waals surface area contributed by atoms with E-state index in [1.165, 1.54) is 0 Å². The van der Waals surface area contributed by atoms with Gasteiger partial charge in [0.25, 0.3) is 5.91 Å². The highest BCUT2D eigenvalue weighted by molar-refractivity contribution is 6.32. The predicted octanol–water partition coefficient (Wildman–Crippen LogP) is 3.04. The van der Waals surface area contributed by atoms with E-state index in [1.54, 1.807) is 71.5 Å². The number of amides is 1. The molecule has 4 aromatic rings. The summed E-state index contributed by atoms with van der Waals surface area (Å²) >= 11 is 0. The second kappa shape index (κ2) is 6.53. The molecule has 5 rings (SSSR count). The van der Waals surface area contributed by atoms with Crippen LogP contribution in [0.25, 0.3) is 5.52 Å². The molecule has 1 aromatic carbocycles. The van der Waals surface area contributed by atoms with Gasteiger partial charge in [-0.2, -0.15) is 0 Å². The number of benzene rings is 1. The molecule has 0 radical (unpaired) electrons. The number of ketones is 2. The summed E-state index contributed by atoms with van der Waals surface area (Å²) in [6.45, 7) is 0.268. The third-order valence-electron chi connectivity index (χ3n) is 5.11. The van der Waals surface area contributed by atoms with Crippen LogP contribution in [0.1, 0.15) is 47.9 Å². The molecule has 140 valence electrons. The van der Waals surface area contributed by atoms with Crippen molar-refractivity contribution in [1.82, 2.24) is 14.7 Å². The smallest absolute Gasteiger partial charge is 0.254 e. The van der Waals surface area contributed by atoms with Gasteiger partial charge in [-0.15, -0.1) is 0 Å². The molecule has 0 bridgehead atoms. The van der Waals surface area contributed by atoms with Gasteiger partial charge < -0.3 is 9.72 Å².